The third-order valence-corrected chi connectivity index (χ3v) is 3.99. The molecule has 2 nitrogen and oxygen atoms in total. The molecule has 0 radical (unpaired) electrons. The molecule has 1 aliphatic rings. The summed E-state index contributed by atoms with van der Waals surface area (Å²) in [6.07, 6.45) is 3.86. The van der Waals surface area contributed by atoms with Crippen LogP contribution in [0.4, 0.5) is 0 Å². The molecule has 0 amide bonds. The van der Waals surface area contributed by atoms with Crippen LogP contribution in [0, 0.1) is 12.8 Å². The van der Waals surface area contributed by atoms with E-state index in [1.807, 2.05) is 0 Å². The molecule has 0 bridgehead atoms. The van der Waals surface area contributed by atoms with E-state index in [2.05, 4.69) is 50.4 Å². The van der Waals surface area contributed by atoms with Crippen molar-refractivity contribution < 1.29 is 4.74 Å². The van der Waals surface area contributed by atoms with Crippen molar-refractivity contribution >= 4 is 0 Å². The lowest BCUT2D eigenvalue weighted by Gasteiger charge is -2.32. The fourth-order valence-electron chi connectivity index (χ4n) is 2.77. The Labute approximate surface area is 117 Å². The first-order valence-corrected chi connectivity index (χ1v) is 7.55. The van der Waals surface area contributed by atoms with Gasteiger partial charge in [0.15, 0.2) is 0 Å². The lowest BCUT2D eigenvalue weighted by atomic mass is 9.95. The van der Waals surface area contributed by atoms with E-state index in [0.717, 1.165) is 32.4 Å². The van der Waals surface area contributed by atoms with Crippen molar-refractivity contribution in [1.29, 1.82) is 0 Å². The molecule has 1 heterocycles. The van der Waals surface area contributed by atoms with Gasteiger partial charge in [-0.1, -0.05) is 43.7 Å². The maximum atomic E-state index is 5.81. The van der Waals surface area contributed by atoms with Crippen molar-refractivity contribution in [3.8, 4) is 0 Å². The lowest BCUT2D eigenvalue weighted by molar-refractivity contribution is -0.0241. The summed E-state index contributed by atoms with van der Waals surface area (Å²) in [6.45, 7) is 8.63. The van der Waals surface area contributed by atoms with Crippen LogP contribution in [0.2, 0.25) is 0 Å². The molecule has 1 N–H and O–H groups in total. The van der Waals surface area contributed by atoms with Gasteiger partial charge >= 0.3 is 0 Å². The summed E-state index contributed by atoms with van der Waals surface area (Å²) in [5.41, 5.74) is 2.78. The van der Waals surface area contributed by atoms with Gasteiger partial charge in [0.05, 0.1) is 6.10 Å². The van der Waals surface area contributed by atoms with Crippen LogP contribution < -0.4 is 5.32 Å². The molecular formula is C17H27NO. The van der Waals surface area contributed by atoms with Crippen molar-refractivity contribution in [3.63, 3.8) is 0 Å². The summed E-state index contributed by atoms with van der Waals surface area (Å²) in [4.78, 5) is 0. The van der Waals surface area contributed by atoms with E-state index < -0.39 is 0 Å². The molecule has 19 heavy (non-hydrogen) atoms. The molecular weight excluding hydrogens is 234 g/mol. The number of hydrogen-bond acceptors (Lipinski definition) is 2. The first-order valence-electron chi connectivity index (χ1n) is 7.55. The normalized spacial score (nSPS) is 23.8. The zero-order chi connectivity index (χ0) is 13.7. The first kappa shape index (κ1) is 14.5. The first-order chi connectivity index (χ1) is 9.15. The maximum absolute atomic E-state index is 5.81. The Bertz CT molecular complexity index is 389. The van der Waals surface area contributed by atoms with Crippen LogP contribution in [0.25, 0.3) is 0 Å². The molecule has 0 saturated carbocycles. The highest BCUT2D eigenvalue weighted by Gasteiger charge is 2.24. The summed E-state index contributed by atoms with van der Waals surface area (Å²) in [5, 5.41) is 3.69. The fourth-order valence-corrected chi connectivity index (χ4v) is 2.77. The quantitative estimate of drug-likeness (QED) is 0.878. The Hall–Kier alpha value is -0.860. The van der Waals surface area contributed by atoms with E-state index in [4.69, 9.17) is 4.74 Å². The predicted octanol–water partition coefficient (Wildman–Crippen LogP) is 3.33. The minimum Gasteiger partial charge on any atom is -0.378 e. The van der Waals surface area contributed by atoms with Gasteiger partial charge in [0, 0.05) is 12.6 Å². The van der Waals surface area contributed by atoms with Crippen molar-refractivity contribution in [2.45, 2.75) is 52.2 Å². The molecule has 1 aromatic carbocycles. The molecule has 2 unspecified atom stereocenters. The maximum Gasteiger partial charge on any atom is 0.0612 e. The Kier molecular flexibility index (Phi) is 5.41. The minimum absolute atomic E-state index is 0.435. The number of rotatable bonds is 5. The van der Waals surface area contributed by atoms with E-state index in [9.17, 15) is 0 Å². The molecule has 0 aliphatic carbocycles. The number of benzene rings is 1. The Morgan fingerprint density at radius 2 is 2.21 bits per heavy atom. The van der Waals surface area contributed by atoms with Crippen LogP contribution >= 0.6 is 0 Å². The summed E-state index contributed by atoms with van der Waals surface area (Å²) in [5.74, 6) is 0.626. The Morgan fingerprint density at radius 1 is 1.37 bits per heavy atom. The van der Waals surface area contributed by atoms with Crippen LogP contribution in [-0.4, -0.2) is 25.3 Å². The smallest absolute Gasteiger partial charge is 0.0612 e. The average Bonchev–Trinajstić information content (AvgIpc) is 2.39. The third kappa shape index (κ3) is 4.63. The Morgan fingerprint density at radius 3 is 2.95 bits per heavy atom. The van der Waals surface area contributed by atoms with Gasteiger partial charge in [-0.05, 0) is 44.2 Å². The van der Waals surface area contributed by atoms with E-state index >= 15 is 0 Å². The van der Waals surface area contributed by atoms with Crippen molar-refractivity contribution in [1.82, 2.24) is 5.32 Å². The van der Waals surface area contributed by atoms with E-state index in [0.29, 0.717) is 18.1 Å². The highest BCUT2D eigenvalue weighted by molar-refractivity contribution is 5.22. The molecule has 106 valence electrons. The van der Waals surface area contributed by atoms with Crippen LogP contribution in [0.15, 0.2) is 24.3 Å². The van der Waals surface area contributed by atoms with Crippen LogP contribution in [0.3, 0.4) is 0 Å². The van der Waals surface area contributed by atoms with E-state index in [1.165, 1.54) is 11.1 Å². The second-order valence-electron chi connectivity index (χ2n) is 6.07. The lowest BCUT2D eigenvalue weighted by Crippen LogP contribution is -2.41. The van der Waals surface area contributed by atoms with Gasteiger partial charge in [-0.3, -0.25) is 0 Å². The van der Waals surface area contributed by atoms with Gasteiger partial charge in [-0.15, -0.1) is 0 Å². The number of nitrogens with one attached hydrogen (secondary N) is 1. The zero-order valence-corrected chi connectivity index (χ0v) is 12.5. The highest BCUT2D eigenvalue weighted by atomic mass is 16.5. The summed E-state index contributed by atoms with van der Waals surface area (Å²) in [6, 6.07) is 9.43. The van der Waals surface area contributed by atoms with E-state index in [-0.39, 0.29) is 0 Å². The van der Waals surface area contributed by atoms with Gasteiger partial charge in [0.25, 0.3) is 0 Å². The Balaban J connectivity index is 1.73. The highest BCUT2D eigenvalue weighted by Crippen LogP contribution is 2.20. The van der Waals surface area contributed by atoms with Gasteiger partial charge in [0.2, 0.25) is 0 Å². The molecule has 2 atom stereocenters. The molecule has 1 fully saturated rings. The number of ether oxygens (including phenoxy) is 1. The van der Waals surface area contributed by atoms with Crippen molar-refractivity contribution in [2.75, 3.05) is 13.2 Å². The van der Waals surface area contributed by atoms with Crippen LogP contribution in [0.5, 0.6) is 0 Å². The van der Waals surface area contributed by atoms with Gasteiger partial charge < -0.3 is 10.1 Å². The largest absolute Gasteiger partial charge is 0.378 e. The summed E-state index contributed by atoms with van der Waals surface area (Å²) in [7, 11) is 0. The second-order valence-corrected chi connectivity index (χ2v) is 6.07. The van der Waals surface area contributed by atoms with Crippen LogP contribution in [0.1, 0.15) is 37.8 Å². The SMILES string of the molecule is Cc1cccc(CCNC2CCOC(C(C)C)C2)c1. The molecule has 1 aliphatic heterocycles. The van der Waals surface area contributed by atoms with Crippen LogP contribution in [-0.2, 0) is 11.2 Å². The van der Waals surface area contributed by atoms with E-state index in [1.54, 1.807) is 0 Å². The molecule has 1 aromatic rings. The summed E-state index contributed by atoms with van der Waals surface area (Å²) < 4.78 is 5.81. The molecule has 2 heteroatoms. The monoisotopic (exact) mass is 261 g/mol. The standard InChI is InChI=1S/C17H27NO/c1-13(2)17-12-16(8-10-19-17)18-9-7-15-6-4-5-14(3)11-15/h4-6,11,13,16-18H,7-10,12H2,1-3H3. The molecule has 1 saturated heterocycles. The topological polar surface area (TPSA) is 21.3 Å². The molecule has 2 rings (SSSR count). The van der Waals surface area contributed by atoms with Gasteiger partial charge in [-0.25, -0.2) is 0 Å². The van der Waals surface area contributed by atoms with Crippen molar-refractivity contribution in [3.05, 3.63) is 35.4 Å². The minimum atomic E-state index is 0.435. The number of hydrogen-bond donors (Lipinski definition) is 1. The third-order valence-electron chi connectivity index (χ3n) is 3.99. The van der Waals surface area contributed by atoms with Crippen molar-refractivity contribution in [2.24, 2.45) is 5.92 Å². The predicted molar refractivity (Wildman–Crippen MR) is 80.5 cm³/mol. The molecule has 0 spiro atoms. The second kappa shape index (κ2) is 7.06. The van der Waals surface area contributed by atoms with Gasteiger partial charge in [0.1, 0.15) is 0 Å². The van der Waals surface area contributed by atoms with Gasteiger partial charge in [-0.2, -0.15) is 0 Å². The summed E-state index contributed by atoms with van der Waals surface area (Å²) >= 11 is 0. The zero-order valence-electron chi connectivity index (χ0n) is 12.5. The average molecular weight is 261 g/mol. The fraction of sp³-hybridized carbons (Fsp3) is 0.647. The molecule has 0 aromatic heterocycles. The number of aryl methyl sites for hydroxylation is 1.